The van der Waals surface area contributed by atoms with Gasteiger partial charge in [-0.05, 0) is 25.1 Å². The molecule has 18 heavy (non-hydrogen) atoms. The summed E-state index contributed by atoms with van der Waals surface area (Å²) in [6.45, 7) is 2.06. The van der Waals surface area contributed by atoms with E-state index in [0.717, 1.165) is 0 Å². The molecule has 0 aliphatic heterocycles. The van der Waals surface area contributed by atoms with E-state index in [0.29, 0.717) is 11.4 Å². The van der Waals surface area contributed by atoms with Crippen molar-refractivity contribution >= 4 is 23.3 Å². The van der Waals surface area contributed by atoms with Crippen LogP contribution in [0.25, 0.3) is 0 Å². The number of carbonyl (C=O) groups is 2. The highest BCUT2D eigenvalue weighted by molar-refractivity contribution is 5.96. The van der Waals surface area contributed by atoms with Gasteiger partial charge in [0.05, 0.1) is 18.7 Å². The summed E-state index contributed by atoms with van der Waals surface area (Å²) in [6.07, 6.45) is 0. The number of carbonyl (C=O) groups excluding carboxylic acids is 2. The Morgan fingerprint density at radius 2 is 2.06 bits per heavy atom. The Morgan fingerprint density at radius 3 is 2.61 bits per heavy atom. The summed E-state index contributed by atoms with van der Waals surface area (Å²) in [6, 6.07) is 4.89. The number of hydrogen-bond donors (Lipinski definition) is 2. The van der Waals surface area contributed by atoms with Gasteiger partial charge in [0.25, 0.3) is 0 Å². The van der Waals surface area contributed by atoms with Crippen molar-refractivity contribution in [3.8, 4) is 0 Å². The van der Waals surface area contributed by atoms with Crippen molar-refractivity contribution in [1.29, 1.82) is 0 Å². The third kappa shape index (κ3) is 3.38. The molecule has 6 nitrogen and oxygen atoms in total. The van der Waals surface area contributed by atoms with E-state index >= 15 is 0 Å². The van der Waals surface area contributed by atoms with Crippen LogP contribution in [0.2, 0.25) is 0 Å². The Bertz CT molecular complexity index is 460. The van der Waals surface area contributed by atoms with E-state index in [1.807, 2.05) is 0 Å². The van der Waals surface area contributed by atoms with E-state index in [-0.39, 0.29) is 18.7 Å². The van der Waals surface area contributed by atoms with Gasteiger partial charge in [0.2, 0.25) is 5.91 Å². The monoisotopic (exact) mass is 251 g/mol. The molecule has 4 N–H and O–H groups in total. The van der Waals surface area contributed by atoms with Crippen molar-refractivity contribution in [2.24, 2.45) is 5.73 Å². The second-order valence-electron chi connectivity index (χ2n) is 3.81. The fourth-order valence-corrected chi connectivity index (χ4v) is 1.49. The van der Waals surface area contributed by atoms with Crippen LogP contribution in [-0.4, -0.2) is 32.1 Å². The number of rotatable bonds is 5. The zero-order valence-electron chi connectivity index (χ0n) is 10.5. The summed E-state index contributed by atoms with van der Waals surface area (Å²) in [7, 11) is 1.70. The molecule has 6 heteroatoms. The Labute approximate surface area is 105 Å². The fourth-order valence-electron chi connectivity index (χ4n) is 1.49. The van der Waals surface area contributed by atoms with Gasteiger partial charge in [0.15, 0.2) is 0 Å². The molecule has 1 rings (SSSR count). The van der Waals surface area contributed by atoms with Crippen LogP contribution in [0.5, 0.6) is 0 Å². The zero-order chi connectivity index (χ0) is 13.7. The Balaban J connectivity index is 2.99. The third-order valence-corrected chi connectivity index (χ3v) is 2.37. The summed E-state index contributed by atoms with van der Waals surface area (Å²) < 4.78 is 4.90. The molecular weight excluding hydrogens is 234 g/mol. The van der Waals surface area contributed by atoms with E-state index in [2.05, 4.69) is 0 Å². The number of nitrogens with two attached hydrogens (primary N) is 2. The van der Waals surface area contributed by atoms with Gasteiger partial charge in [0.1, 0.15) is 0 Å². The Morgan fingerprint density at radius 1 is 1.39 bits per heavy atom. The normalized spacial score (nSPS) is 9.89. The summed E-state index contributed by atoms with van der Waals surface area (Å²) in [4.78, 5) is 24.1. The molecule has 0 aliphatic rings. The number of anilines is 2. The molecule has 0 atom stereocenters. The van der Waals surface area contributed by atoms with E-state index < -0.39 is 11.9 Å². The predicted octanol–water partition coefficient (Wildman–Crippen LogP) is 0.367. The number of hydrogen-bond acceptors (Lipinski definition) is 5. The molecule has 0 unspecified atom stereocenters. The van der Waals surface area contributed by atoms with E-state index in [4.69, 9.17) is 16.2 Å². The SMILES string of the molecule is CCOC(=O)c1cc(N(C)CC(N)=O)ccc1N. The number of amides is 1. The van der Waals surface area contributed by atoms with Crippen molar-refractivity contribution in [2.75, 3.05) is 30.8 Å². The molecule has 1 aromatic carbocycles. The molecule has 0 bridgehead atoms. The maximum atomic E-state index is 11.7. The Hall–Kier alpha value is -2.24. The molecule has 0 saturated heterocycles. The molecule has 0 fully saturated rings. The van der Waals surface area contributed by atoms with Crippen LogP contribution in [0.1, 0.15) is 17.3 Å². The lowest BCUT2D eigenvalue weighted by Crippen LogP contribution is -2.30. The highest BCUT2D eigenvalue weighted by Gasteiger charge is 2.13. The lowest BCUT2D eigenvalue weighted by Gasteiger charge is -2.18. The van der Waals surface area contributed by atoms with Gasteiger partial charge in [-0.25, -0.2) is 4.79 Å². The van der Waals surface area contributed by atoms with Crippen molar-refractivity contribution in [3.05, 3.63) is 23.8 Å². The van der Waals surface area contributed by atoms with Crippen LogP contribution in [-0.2, 0) is 9.53 Å². The summed E-state index contributed by atoms with van der Waals surface area (Å²) >= 11 is 0. The van der Waals surface area contributed by atoms with Gasteiger partial charge < -0.3 is 21.1 Å². The fraction of sp³-hybridized carbons (Fsp3) is 0.333. The second kappa shape index (κ2) is 5.90. The molecular formula is C12H17N3O3. The molecule has 0 saturated carbocycles. The summed E-state index contributed by atoms with van der Waals surface area (Å²) in [5.41, 5.74) is 12.1. The first kappa shape index (κ1) is 13.8. The predicted molar refractivity (Wildman–Crippen MR) is 69.3 cm³/mol. The number of primary amides is 1. The lowest BCUT2D eigenvalue weighted by molar-refractivity contribution is -0.116. The first-order valence-corrected chi connectivity index (χ1v) is 5.51. The molecule has 0 aromatic heterocycles. The van der Waals surface area contributed by atoms with Crippen LogP contribution >= 0.6 is 0 Å². The summed E-state index contributed by atoms with van der Waals surface area (Å²) in [5.74, 6) is -0.934. The lowest BCUT2D eigenvalue weighted by atomic mass is 10.1. The molecule has 0 aliphatic carbocycles. The number of nitrogen functional groups attached to an aromatic ring is 1. The van der Waals surface area contributed by atoms with Crippen LogP contribution in [0.3, 0.4) is 0 Å². The van der Waals surface area contributed by atoms with Crippen molar-refractivity contribution < 1.29 is 14.3 Å². The van der Waals surface area contributed by atoms with Crippen LogP contribution in [0.15, 0.2) is 18.2 Å². The van der Waals surface area contributed by atoms with Gasteiger partial charge in [-0.1, -0.05) is 0 Å². The average molecular weight is 251 g/mol. The van der Waals surface area contributed by atoms with Crippen LogP contribution in [0, 0.1) is 0 Å². The largest absolute Gasteiger partial charge is 0.462 e. The van der Waals surface area contributed by atoms with Crippen molar-refractivity contribution in [3.63, 3.8) is 0 Å². The molecule has 0 heterocycles. The quantitative estimate of drug-likeness (QED) is 0.581. The molecule has 1 amide bonds. The van der Waals surface area contributed by atoms with E-state index in [9.17, 15) is 9.59 Å². The first-order chi connectivity index (χ1) is 8.45. The minimum absolute atomic E-state index is 0.0617. The Kier molecular flexibility index (Phi) is 4.53. The minimum atomic E-state index is -0.482. The standard InChI is InChI=1S/C12H17N3O3/c1-3-18-12(17)9-6-8(4-5-10(9)13)15(2)7-11(14)16/h4-6H,3,7,13H2,1-2H3,(H2,14,16). The number of likely N-dealkylation sites (N-methyl/N-ethyl adjacent to an activating group) is 1. The number of ether oxygens (including phenoxy) is 1. The van der Waals surface area contributed by atoms with Gasteiger partial charge >= 0.3 is 5.97 Å². The van der Waals surface area contributed by atoms with Gasteiger partial charge in [-0.3, -0.25) is 4.79 Å². The highest BCUT2D eigenvalue weighted by atomic mass is 16.5. The van der Waals surface area contributed by atoms with Crippen molar-refractivity contribution in [1.82, 2.24) is 0 Å². The van der Waals surface area contributed by atoms with Crippen molar-refractivity contribution in [2.45, 2.75) is 6.92 Å². The van der Waals surface area contributed by atoms with E-state index in [1.165, 1.54) is 0 Å². The molecule has 1 aromatic rings. The maximum absolute atomic E-state index is 11.7. The molecule has 0 spiro atoms. The van der Waals surface area contributed by atoms with E-state index in [1.54, 1.807) is 37.1 Å². The number of esters is 1. The highest BCUT2D eigenvalue weighted by Crippen LogP contribution is 2.21. The third-order valence-electron chi connectivity index (χ3n) is 2.37. The zero-order valence-corrected chi connectivity index (χ0v) is 10.5. The smallest absolute Gasteiger partial charge is 0.340 e. The minimum Gasteiger partial charge on any atom is -0.462 e. The number of nitrogens with zero attached hydrogens (tertiary/aromatic N) is 1. The molecule has 98 valence electrons. The molecule has 0 radical (unpaired) electrons. The first-order valence-electron chi connectivity index (χ1n) is 5.51. The van der Waals surface area contributed by atoms with Gasteiger partial charge in [-0.15, -0.1) is 0 Å². The number of benzene rings is 1. The topological polar surface area (TPSA) is 98.6 Å². The maximum Gasteiger partial charge on any atom is 0.340 e. The van der Waals surface area contributed by atoms with Crippen LogP contribution in [0.4, 0.5) is 11.4 Å². The second-order valence-corrected chi connectivity index (χ2v) is 3.81. The summed E-state index contributed by atoms with van der Waals surface area (Å²) in [5, 5.41) is 0. The van der Waals surface area contributed by atoms with Gasteiger partial charge in [-0.2, -0.15) is 0 Å². The van der Waals surface area contributed by atoms with Crippen LogP contribution < -0.4 is 16.4 Å². The average Bonchev–Trinajstić information content (AvgIpc) is 2.28. The van der Waals surface area contributed by atoms with Gasteiger partial charge in [0, 0.05) is 18.4 Å².